The van der Waals surface area contributed by atoms with Crippen LogP contribution in [0.5, 0.6) is 0 Å². The van der Waals surface area contributed by atoms with Crippen LogP contribution in [0, 0.1) is 13.8 Å². The normalized spacial score (nSPS) is 10.8. The molecule has 0 aliphatic heterocycles. The average Bonchev–Trinajstić information content (AvgIpc) is 3.02. The third-order valence-corrected chi connectivity index (χ3v) is 5.46. The fourth-order valence-electron chi connectivity index (χ4n) is 3.06. The van der Waals surface area contributed by atoms with Gasteiger partial charge < -0.3 is 15.2 Å². The predicted octanol–water partition coefficient (Wildman–Crippen LogP) is 3.53. The monoisotopic (exact) mass is 410 g/mol. The van der Waals surface area contributed by atoms with Crippen molar-refractivity contribution in [1.82, 2.24) is 14.9 Å². The molecule has 7 heteroatoms. The number of carbonyl (C=O) groups is 2. The van der Waals surface area contributed by atoms with Crippen molar-refractivity contribution >= 4 is 40.3 Å². The van der Waals surface area contributed by atoms with Crippen molar-refractivity contribution in [2.75, 3.05) is 23.4 Å². The van der Waals surface area contributed by atoms with Crippen molar-refractivity contribution < 1.29 is 9.59 Å². The van der Waals surface area contributed by atoms with Gasteiger partial charge in [0.1, 0.15) is 5.82 Å². The molecule has 0 radical (unpaired) electrons. The summed E-state index contributed by atoms with van der Waals surface area (Å²) < 4.78 is 2.17. The van der Waals surface area contributed by atoms with E-state index in [-0.39, 0.29) is 23.3 Å². The average molecular weight is 411 g/mol. The van der Waals surface area contributed by atoms with Crippen LogP contribution in [0.25, 0.3) is 11.0 Å². The zero-order chi connectivity index (χ0) is 20.6. The first-order chi connectivity index (χ1) is 14.0. The zero-order valence-electron chi connectivity index (χ0n) is 16.8. The van der Waals surface area contributed by atoms with E-state index in [4.69, 9.17) is 0 Å². The molecule has 0 fully saturated rings. The second kappa shape index (κ2) is 10.1. The third-order valence-electron chi connectivity index (χ3n) is 4.53. The number of nitrogens with one attached hydrogen (secondary N) is 2. The lowest BCUT2D eigenvalue weighted by molar-refractivity contribution is -0.118. The van der Waals surface area contributed by atoms with Crippen LogP contribution in [0.2, 0.25) is 0 Å². The highest BCUT2D eigenvalue weighted by atomic mass is 32.2. The number of carbonyl (C=O) groups excluding carboxylic acids is 2. The molecule has 2 amide bonds. The van der Waals surface area contributed by atoms with Crippen LogP contribution < -0.4 is 10.6 Å². The molecule has 0 atom stereocenters. The maximum Gasteiger partial charge on any atom is 0.234 e. The summed E-state index contributed by atoms with van der Waals surface area (Å²) in [5.74, 6) is 1.35. The Morgan fingerprint density at radius 1 is 1.00 bits per heavy atom. The van der Waals surface area contributed by atoms with E-state index in [1.165, 1.54) is 11.8 Å². The van der Waals surface area contributed by atoms with Crippen molar-refractivity contribution in [2.24, 2.45) is 0 Å². The molecule has 2 aromatic carbocycles. The minimum Gasteiger partial charge on any atom is -0.355 e. The van der Waals surface area contributed by atoms with Gasteiger partial charge in [-0.15, -0.1) is 11.8 Å². The molecular weight excluding hydrogens is 384 g/mol. The quantitative estimate of drug-likeness (QED) is 0.529. The number of amides is 2. The van der Waals surface area contributed by atoms with Crippen LogP contribution in [0.15, 0.2) is 48.5 Å². The fraction of sp³-hybridized carbons (Fsp3) is 0.318. The summed E-state index contributed by atoms with van der Waals surface area (Å²) in [6.45, 7) is 5.40. The molecule has 1 aromatic heterocycles. The number of aromatic nitrogens is 2. The van der Waals surface area contributed by atoms with Gasteiger partial charge >= 0.3 is 0 Å². The van der Waals surface area contributed by atoms with Crippen molar-refractivity contribution in [3.63, 3.8) is 0 Å². The first-order valence-corrected chi connectivity index (χ1v) is 10.8. The molecule has 29 heavy (non-hydrogen) atoms. The number of benzene rings is 2. The molecule has 152 valence electrons. The molecule has 0 spiro atoms. The second-order valence-corrected chi connectivity index (χ2v) is 7.90. The Morgan fingerprint density at radius 2 is 1.72 bits per heavy atom. The SMILES string of the molecule is Cc1ccc(NC(=O)CSCC(=O)NCCCn2c(C)nc3ccccc32)cc1. The lowest BCUT2D eigenvalue weighted by Gasteiger charge is -2.08. The summed E-state index contributed by atoms with van der Waals surface area (Å²) in [5, 5.41) is 5.75. The predicted molar refractivity (Wildman–Crippen MR) is 119 cm³/mol. The van der Waals surface area contributed by atoms with Gasteiger partial charge in [-0.3, -0.25) is 9.59 Å². The van der Waals surface area contributed by atoms with Gasteiger partial charge in [0.2, 0.25) is 11.8 Å². The largest absolute Gasteiger partial charge is 0.355 e. The molecule has 3 aromatic rings. The number of aryl methyl sites for hydroxylation is 3. The first-order valence-electron chi connectivity index (χ1n) is 9.66. The van der Waals surface area contributed by atoms with Crippen molar-refractivity contribution in [2.45, 2.75) is 26.8 Å². The van der Waals surface area contributed by atoms with Gasteiger partial charge in [0, 0.05) is 18.8 Å². The molecule has 1 heterocycles. The number of nitrogens with zero attached hydrogens (tertiary/aromatic N) is 2. The Kier molecular flexibility index (Phi) is 7.30. The topological polar surface area (TPSA) is 76.0 Å². The maximum absolute atomic E-state index is 12.0. The molecule has 0 aliphatic rings. The van der Waals surface area contributed by atoms with Gasteiger partial charge in [-0.2, -0.15) is 0 Å². The van der Waals surface area contributed by atoms with Crippen LogP contribution in [-0.2, 0) is 16.1 Å². The first kappa shape index (κ1) is 20.9. The van der Waals surface area contributed by atoms with E-state index < -0.39 is 0 Å². The van der Waals surface area contributed by atoms with Crippen molar-refractivity contribution in [3.8, 4) is 0 Å². The number of fused-ring (bicyclic) bond motifs is 1. The van der Waals surface area contributed by atoms with Crippen LogP contribution in [0.3, 0.4) is 0 Å². The molecule has 0 saturated heterocycles. The number of hydrogen-bond donors (Lipinski definition) is 2. The maximum atomic E-state index is 12.0. The Morgan fingerprint density at radius 3 is 2.52 bits per heavy atom. The molecule has 3 rings (SSSR count). The highest BCUT2D eigenvalue weighted by Crippen LogP contribution is 2.15. The van der Waals surface area contributed by atoms with Gasteiger partial charge in [-0.25, -0.2) is 4.98 Å². The minimum atomic E-state index is -0.103. The number of imidazole rings is 1. The molecular formula is C22H26N4O2S. The summed E-state index contributed by atoms with van der Waals surface area (Å²) in [4.78, 5) is 28.5. The van der Waals surface area contributed by atoms with Crippen LogP contribution >= 0.6 is 11.8 Å². The van der Waals surface area contributed by atoms with E-state index in [0.29, 0.717) is 6.54 Å². The summed E-state index contributed by atoms with van der Waals surface area (Å²) in [6.07, 6.45) is 0.825. The Labute approximate surface area is 175 Å². The summed E-state index contributed by atoms with van der Waals surface area (Å²) >= 11 is 1.31. The van der Waals surface area contributed by atoms with Crippen LogP contribution in [-0.4, -0.2) is 39.4 Å². The van der Waals surface area contributed by atoms with E-state index in [2.05, 4.69) is 26.3 Å². The molecule has 0 bridgehead atoms. The van der Waals surface area contributed by atoms with E-state index in [1.54, 1.807) is 0 Å². The molecule has 0 aliphatic carbocycles. The van der Waals surface area contributed by atoms with E-state index in [0.717, 1.165) is 41.1 Å². The van der Waals surface area contributed by atoms with Crippen molar-refractivity contribution in [1.29, 1.82) is 0 Å². The molecule has 0 saturated carbocycles. The molecule has 0 unspecified atom stereocenters. The van der Waals surface area contributed by atoms with E-state index >= 15 is 0 Å². The number of anilines is 1. The lowest BCUT2D eigenvalue weighted by atomic mass is 10.2. The number of hydrogen-bond acceptors (Lipinski definition) is 4. The van der Waals surface area contributed by atoms with Gasteiger partial charge in [-0.05, 0) is 44.5 Å². The third kappa shape index (κ3) is 6.09. The van der Waals surface area contributed by atoms with Gasteiger partial charge in [-0.1, -0.05) is 29.8 Å². The second-order valence-electron chi connectivity index (χ2n) is 6.91. The Balaban J connectivity index is 1.32. The van der Waals surface area contributed by atoms with Crippen LogP contribution in [0.1, 0.15) is 17.8 Å². The van der Waals surface area contributed by atoms with Crippen LogP contribution in [0.4, 0.5) is 5.69 Å². The number of para-hydroxylation sites is 2. The van der Waals surface area contributed by atoms with Crippen molar-refractivity contribution in [3.05, 3.63) is 59.9 Å². The van der Waals surface area contributed by atoms with Gasteiger partial charge in [0.25, 0.3) is 0 Å². The minimum absolute atomic E-state index is 0.0506. The fourth-order valence-corrected chi connectivity index (χ4v) is 3.71. The van der Waals surface area contributed by atoms with E-state index in [9.17, 15) is 9.59 Å². The zero-order valence-corrected chi connectivity index (χ0v) is 17.6. The number of thioether (sulfide) groups is 1. The lowest BCUT2D eigenvalue weighted by Crippen LogP contribution is -2.27. The molecule has 6 nitrogen and oxygen atoms in total. The number of rotatable bonds is 9. The Hall–Kier alpha value is -2.80. The Bertz CT molecular complexity index is 982. The molecule has 2 N–H and O–H groups in total. The highest BCUT2D eigenvalue weighted by Gasteiger charge is 2.08. The summed E-state index contributed by atoms with van der Waals surface area (Å²) in [6, 6.07) is 15.7. The standard InChI is InChI=1S/C22H26N4O2S/c1-16-8-10-18(11-9-16)25-22(28)15-29-14-21(27)23-12-5-13-26-17(2)24-19-6-3-4-7-20(19)26/h3-4,6-11H,5,12-15H2,1-2H3,(H,23,27)(H,25,28). The van der Waals surface area contributed by atoms with Gasteiger partial charge in [0.05, 0.1) is 22.5 Å². The summed E-state index contributed by atoms with van der Waals surface area (Å²) in [5.41, 5.74) is 4.03. The smallest absolute Gasteiger partial charge is 0.234 e. The van der Waals surface area contributed by atoms with Gasteiger partial charge in [0.15, 0.2) is 0 Å². The van der Waals surface area contributed by atoms with E-state index in [1.807, 2.05) is 56.3 Å². The summed E-state index contributed by atoms with van der Waals surface area (Å²) in [7, 11) is 0. The highest BCUT2D eigenvalue weighted by molar-refractivity contribution is 8.00.